The van der Waals surface area contributed by atoms with Gasteiger partial charge in [-0.25, -0.2) is 0 Å². The third-order valence-corrected chi connectivity index (χ3v) is 2.66. The molecule has 1 rings (SSSR count). The van der Waals surface area contributed by atoms with E-state index in [1.54, 1.807) is 6.08 Å². The summed E-state index contributed by atoms with van der Waals surface area (Å²) < 4.78 is 1.04. The Labute approximate surface area is 105 Å². The zero-order valence-electron chi connectivity index (χ0n) is 9.37. The van der Waals surface area contributed by atoms with E-state index in [9.17, 15) is 4.79 Å². The van der Waals surface area contributed by atoms with Crippen LogP contribution in [0.5, 0.6) is 0 Å². The highest BCUT2D eigenvalue weighted by Crippen LogP contribution is 2.11. The molecule has 0 spiro atoms. The molecule has 1 aromatic rings. The van der Waals surface area contributed by atoms with E-state index in [2.05, 4.69) is 28.2 Å². The van der Waals surface area contributed by atoms with Gasteiger partial charge < -0.3 is 5.32 Å². The van der Waals surface area contributed by atoms with Gasteiger partial charge in [-0.1, -0.05) is 41.4 Å². The molecule has 0 fully saturated rings. The van der Waals surface area contributed by atoms with E-state index >= 15 is 0 Å². The summed E-state index contributed by atoms with van der Waals surface area (Å²) in [5.41, 5.74) is 1.02. The third-order valence-electron chi connectivity index (χ3n) is 2.13. The van der Waals surface area contributed by atoms with Crippen molar-refractivity contribution in [3.05, 3.63) is 40.4 Å². The Balaban J connectivity index is 2.41. The van der Waals surface area contributed by atoms with Gasteiger partial charge in [-0.15, -0.1) is 0 Å². The molecule has 0 aliphatic rings. The predicted octanol–water partition coefficient (Wildman–Crippen LogP) is 3.38. The van der Waals surface area contributed by atoms with Gasteiger partial charge in [0.05, 0.1) is 0 Å². The number of amides is 1. The normalized spacial score (nSPS) is 10.6. The van der Waals surface area contributed by atoms with E-state index in [-0.39, 0.29) is 5.91 Å². The minimum atomic E-state index is -0.0311. The van der Waals surface area contributed by atoms with E-state index in [1.807, 2.05) is 30.3 Å². The van der Waals surface area contributed by atoms with Gasteiger partial charge in [0.2, 0.25) is 5.91 Å². The summed E-state index contributed by atoms with van der Waals surface area (Å²) >= 11 is 3.36. The molecule has 0 atom stereocenters. The van der Waals surface area contributed by atoms with Crippen LogP contribution in [-0.2, 0) is 4.79 Å². The van der Waals surface area contributed by atoms with E-state index in [1.165, 1.54) is 0 Å². The average Bonchev–Trinajstić information content (AvgIpc) is 2.29. The molecule has 3 heteroatoms. The second-order valence-electron chi connectivity index (χ2n) is 3.53. The van der Waals surface area contributed by atoms with E-state index in [0.717, 1.165) is 29.4 Å². The first-order valence-corrected chi connectivity index (χ1v) is 6.23. The van der Waals surface area contributed by atoms with Gasteiger partial charge in [0.1, 0.15) is 0 Å². The molecule has 0 aliphatic carbocycles. The van der Waals surface area contributed by atoms with Crippen LogP contribution in [0.2, 0.25) is 0 Å². The molecular weight excluding hydrogens is 266 g/mol. The maximum Gasteiger partial charge on any atom is 0.243 e. The molecule has 0 heterocycles. The highest BCUT2D eigenvalue weighted by Gasteiger charge is 1.93. The Bertz CT molecular complexity index is 357. The van der Waals surface area contributed by atoms with Crippen LogP contribution in [0.3, 0.4) is 0 Å². The van der Waals surface area contributed by atoms with Gasteiger partial charge in [-0.2, -0.15) is 0 Å². The summed E-state index contributed by atoms with van der Waals surface area (Å²) in [6.07, 6.45) is 5.50. The predicted molar refractivity (Wildman–Crippen MR) is 71.1 cm³/mol. The third kappa shape index (κ3) is 5.12. The zero-order valence-corrected chi connectivity index (χ0v) is 11.0. The Kier molecular flexibility index (Phi) is 5.86. The second kappa shape index (κ2) is 7.23. The monoisotopic (exact) mass is 281 g/mol. The molecular formula is C13H16BrNO. The number of hydrogen-bond acceptors (Lipinski definition) is 1. The molecule has 16 heavy (non-hydrogen) atoms. The summed E-state index contributed by atoms with van der Waals surface area (Å²) in [5, 5.41) is 2.83. The molecule has 2 nitrogen and oxygen atoms in total. The van der Waals surface area contributed by atoms with Crippen LogP contribution >= 0.6 is 15.9 Å². The van der Waals surface area contributed by atoms with Crippen molar-refractivity contribution >= 4 is 27.9 Å². The number of nitrogens with one attached hydrogen (secondary N) is 1. The number of rotatable bonds is 5. The Morgan fingerprint density at radius 1 is 1.38 bits per heavy atom. The second-order valence-corrected chi connectivity index (χ2v) is 4.45. The lowest BCUT2D eigenvalue weighted by atomic mass is 10.2. The summed E-state index contributed by atoms with van der Waals surface area (Å²) in [6.45, 7) is 2.85. The molecule has 1 N–H and O–H groups in total. The van der Waals surface area contributed by atoms with Crippen molar-refractivity contribution in [3.63, 3.8) is 0 Å². The highest BCUT2D eigenvalue weighted by atomic mass is 79.9. The minimum Gasteiger partial charge on any atom is -0.353 e. The molecule has 0 aromatic heterocycles. The Morgan fingerprint density at radius 2 is 2.06 bits per heavy atom. The van der Waals surface area contributed by atoms with Crippen LogP contribution in [0.4, 0.5) is 0 Å². The lowest BCUT2D eigenvalue weighted by molar-refractivity contribution is -0.116. The van der Waals surface area contributed by atoms with Crippen LogP contribution in [0, 0.1) is 0 Å². The first-order valence-electron chi connectivity index (χ1n) is 5.44. The standard InChI is InChI=1S/C13H16BrNO/c1-2-3-10-15-13(16)9-6-11-4-7-12(14)8-5-11/h4-9H,2-3,10H2,1H3,(H,15,16)/b9-6+. The fourth-order valence-corrected chi connectivity index (χ4v) is 1.46. The van der Waals surface area contributed by atoms with Crippen molar-refractivity contribution in [1.82, 2.24) is 5.32 Å². The number of carbonyl (C=O) groups is 1. The van der Waals surface area contributed by atoms with Crippen LogP contribution in [-0.4, -0.2) is 12.5 Å². The molecule has 0 saturated heterocycles. The lowest BCUT2D eigenvalue weighted by Crippen LogP contribution is -2.21. The van der Waals surface area contributed by atoms with Crippen molar-refractivity contribution in [2.45, 2.75) is 19.8 Å². The summed E-state index contributed by atoms with van der Waals surface area (Å²) in [4.78, 5) is 11.4. The number of halogens is 1. The fourth-order valence-electron chi connectivity index (χ4n) is 1.19. The first kappa shape index (κ1) is 13.0. The topological polar surface area (TPSA) is 29.1 Å². The van der Waals surface area contributed by atoms with Crippen LogP contribution in [0.15, 0.2) is 34.8 Å². The maximum atomic E-state index is 11.4. The van der Waals surface area contributed by atoms with E-state index in [0.29, 0.717) is 0 Å². The molecule has 1 aromatic carbocycles. The van der Waals surface area contributed by atoms with Crippen molar-refractivity contribution in [2.24, 2.45) is 0 Å². The summed E-state index contributed by atoms with van der Waals surface area (Å²) in [6, 6.07) is 7.82. The van der Waals surface area contributed by atoms with Crippen molar-refractivity contribution in [2.75, 3.05) is 6.54 Å². The van der Waals surface area contributed by atoms with Gasteiger partial charge in [0, 0.05) is 17.1 Å². The molecule has 1 amide bonds. The van der Waals surface area contributed by atoms with Gasteiger partial charge >= 0.3 is 0 Å². The SMILES string of the molecule is CCCCNC(=O)/C=C/c1ccc(Br)cc1. The van der Waals surface area contributed by atoms with Crippen LogP contribution < -0.4 is 5.32 Å². The molecule has 86 valence electrons. The van der Waals surface area contributed by atoms with Crippen molar-refractivity contribution < 1.29 is 4.79 Å². The van der Waals surface area contributed by atoms with E-state index < -0.39 is 0 Å². The molecule has 0 radical (unpaired) electrons. The largest absolute Gasteiger partial charge is 0.353 e. The van der Waals surface area contributed by atoms with E-state index in [4.69, 9.17) is 0 Å². The van der Waals surface area contributed by atoms with Gasteiger partial charge in [-0.3, -0.25) is 4.79 Å². The maximum absolute atomic E-state index is 11.4. The first-order chi connectivity index (χ1) is 7.72. The zero-order chi connectivity index (χ0) is 11.8. The Morgan fingerprint density at radius 3 is 2.69 bits per heavy atom. The lowest BCUT2D eigenvalue weighted by Gasteiger charge is -1.99. The number of carbonyl (C=O) groups excluding carboxylic acids is 1. The van der Waals surface area contributed by atoms with Gasteiger partial charge in [0.25, 0.3) is 0 Å². The Hall–Kier alpha value is -1.09. The summed E-state index contributed by atoms with van der Waals surface area (Å²) in [5.74, 6) is -0.0311. The number of unbranched alkanes of at least 4 members (excludes halogenated alkanes) is 1. The molecule has 0 unspecified atom stereocenters. The highest BCUT2D eigenvalue weighted by molar-refractivity contribution is 9.10. The van der Waals surface area contributed by atoms with Crippen LogP contribution in [0.1, 0.15) is 25.3 Å². The molecule has 0 aliphatic heterocycles. The average molecular weight is 282 g/mol. The van der Waals surface area contributed by atoms with Gasteiger partial charge in [0.15, 0.2) is 0 Å². The molecule has 0 saturated carbocycles. The van der Waals surface area contributed by atoms with Gasteiger partial charge in [-0.05, 0) is 30.2 Å². The number of benzene rings is 1. The van der Waals surface area contributed by atoms with Crippen molar-refractivity contribution in [1.29, 1.82) is 0 Å². The van der Waals surface area contributed by atoms with Crippen LogP contribution in [0.25, 0.3) is 6.08 Å². The van der Waals surface area contributed by atoms with Crippen molar-refractivity contribution in [3.8, 4) is 0 Å². The summed E-state index contributed by atoms with van der Waals surface area (Å²) in [7, 11) is 0. The quantitative estimate of drug-likeness (QED) is 0.651. The number of hydrogen-bond donors (Lipinski definition) is 1. The fraction of sp³-hybridized carbons (Fsp3) is 0.308. The smallest absolute Gasteiger partial charge is 0.243 e. The molecule has 0 bridgehead atoms. The minimum absolute atomic E-state index is 0.0311.